The van der Waals surface area contributed by atoms with Crippen LogP contribution in [0.2, 0.25) is 0 Å². The minimum atomic E-state index is -3.18. The summed E-state index contributed by atoms with van der Waals surface area (Å²) in [6.45, 7) is 7.22. The molecule has 0 bridgehead atoms. The van der Waals surface area contributed by atoms with Crippen LogP contribution >= 0.6 is 0 Å². The summed E-state index contributed by atoms with van der Waals surface area (Å²) < 4.78 is 37.7. The first-order valence-electron chi connectivity index (χ1n) is 8.67. The zero-order valence-corrected chi connectivity index (χ0v) is 16.2. The fraction of sp³-hybridized carbons (Fsp3) is 0.579. The van der Waals surface area contributed by atoms with Crippen molar-refractivity contribution in [3.8, 4) is 11.8 Å². The fourth-order valence-corrected chi connectivity index (χ4v) is 2.49. The maximum atomic E-state index is 13.5. The van der Waals surface area contributed by atoms with E-state index in [0.717, 1.165) is 13.8 Å². The van der Waals surface area contributed by atoms with Crippen molar-refractivity contribution in [1.29, 1.82) is 5.26 Å². The van der Waals surface area contributed by atoms with E-state index in [1.54, 1.807) is 18.2 Å². The lowest BCUT2D eigenvalue weighted by atomic mass is 9.88. The molecule has 8 heteroatoms. The molecule has 148 valence electrons. The van der Waals surface area contributed by atoms with E-state index in [4.69, 9.17) is 14.7 Å². The number of alkyl halides is 2. The maximum Gasteiger partial charge on any atom is 0.412 e. The number of amides is 1. The molecule has 0 saturated heterocycles. The van der Waals surface area contributed by atoms with Crippen molar-refractivity contribution in [3.05, 3.63) is 18.2 Å². The molecule has 0 aromatic heterocycles. The second kappa shape index (κ2) is 7.22. The molecule has 1 amide bonds. The molecule has 0 fully saturated rings. The Hall–Kier alpha value is -2.56. The number of anilines is 2. The first-order valence-corrected chi connectivity index (χ1v) is 8.67. The van der Waals surface area contributed by atoms with E-state index >= 15 is 0 Å². The molecular weight excluding hydrogens is 356 g/mol. The van der Waals surface area contributed by atoms with Gasteiger partial charge in [0.1, 0.15) is 11.9 Å². The van der Waals surface area contributed by atoms with Crippen LogP contribution in [0.1, 0.15) is 41.0 Å². The smallest absolute Gasteiger partial charge is 0.412 e. The average Bonchev–Trinajstić information content (AvgIpc) is 2.53. The van der Waals surface area contributed by atoms with Gasteiger partial charge >= 0.3 is 6.09 Å². The molecule has 1 atom stereocenters. The Morgan fingerprint density at radius 3 is 2.63 bits per heavy atom. The lowest BCUT2D eigenvalue weighted by Gasteiger charge is -2.31. The SMILES string of the molecule is CC(C)(C#N)C[C@@H]1CNc2cc(NC(=O)OC(C)(C)C(C)(F)F)ccc2O1. The van der Waals surface area contributed by atoms with E-state index < -0.39 is 23.0 Å². The molecule has 2 N–H and O–H groups in total. The Bertz CT molecular complexity index is 752. The van der Waals surface area contributed by atoms with Gasteiger partial charge in [0.05, 0.1) is 23.7 Å². The van der Waals surface area contributed by atoms with Gasteiger partial charge < -0.3 is 14.8 Å². The predicted octanol–water partition coefficient (Wildman–Crippen LogP) is 4.78. The molecule has 1 aromatic rings. The lowest BCUT2D eigenvalue weighted by molar-refractivity contribution is -0.147. The summed E-state index contributed by atoms with van der Waals surface area (Å²) in [6, 6.07) is 7.15. The molecule has 0 unspecified atom stereocenters. The van der Waals surface area contributed by atoms with Crippen LogP contribution in [0.3, 0.4) is 0 Å². The van der Waals surface area contributed by atoms with E-state index in [9.17, 15) is 13.6 Å². The summed E-state index contributed by atoms with van der Waals surface area (Å²) in [4.78, 5) is 11.9. The maximum absolute atomic E-state index is 13.5. The molecule has 0 spiro atoms. The summed E-state index contributed by atoms with van der Waals surface area (Å²) in [5, 5.41) is 14.8. The molecule has 0 radical (unpaired) electrons. The number of rotatable bonds is 5. The molecule has 1 heterocycles. The third kappa shape index (κ3) is 5.22. The molecule has 1 aliphatic heterocycles. The summed E-state index contributed by atoms with van der Waals surface area (Å²) >= 11 is 0. The van der Waals surface area contributed by atoms with Crippen molar-refractivity contribution in [3.63, 3.8) is 0 Å². The number of hydrogen-bond donors (Lipinski definition) is 2. The van der Waals surface area contributed by atoms with Gasteiger partial charge in [-0.3, -0.25) is 5.32 Å². The third-order valence-electron chi connectivity index (χ3n) is 4.49. The number of carbonyl (C=O) groups is 1. The number of halogens is 2. The van der Waals surface area contributed by atoms with E-state index in [1.165, 1.54) is 0 Å². The Morgan fingerprint density at radius 1 is 1.37 bits per heavy atom. The van der Waals surface area contributed by atoms with Crippen molar-refractivity contribution in [2.45, 2.75) is 58.7 Å². The van der Waals surface area contributed by atoms with Crippen LogP contribution in [0, 0.1) is 16.7 Å². The quantitative estimate of drug-likeness (QED) is 0.767. The molecular formula is C19H25F2N3O3. The van der Waals surface area contributed by atoms with Crippen molar-refractivity contribution in [1.82, 2.24) is 0 Å². The van der Waals surface area contributed by atoms with Gasteiger partial charge in [-0.05, 0) is 45.9 Å². The van der Waals surface area contributed by atoms with Crippen molar-refractivity contribution in [2.24, 2.45) is 5.41 Å². The second-order valence-electron chi connectivity index (χ2n) is 7.94. The molecule has 1 aliphatic rings. The number of nitrogens with zero attached hydrogens (tertiary/aromatic N) is 1. The first kappa shape index (κ1) is 20.7. The lowest BCUT2D eigenvalue weighted by Crippen LogP contribution is -2.45. The number of benzene rings is 1. The van der Waals surface area contributed by atoms with Gasteiger partial charge in [0.15, 0.2) is 5.60 Å². The Kier molecular flexibility index (Phi) is 5.55. The normalized spacial score (nSPS) is 17.0. The highest BCUT2D eigenvalue weighted by Gasteiger charge is 2.45. The van der Waals surface area contributed by atoms with Gasteiger partial charge in [0.2, 0.25) is 0 Å². The summed E-state index contributed by atoms with van der Waals surface area (Å²) in [7, 11) is 0. The molecule has 27 heavy (non-hydrogen) atoms. The largest absolute Gasteiger partial charge is 0.486 e. The fourth-order valence-electron chi connectivity index (χ4n) is 2.49. The number of ether oxygens (including phenoxy) is 2. The van der Waals surface area contributed by atoms with Crippen LogP contribution in [-0.4, -0.2) is 30.3 Å². The van der Waals surface area contributed by atoms with Crippen LogP contribution in [-0.2, 0) is 4.74 Å². The first-order chi connectivity index (χ1) is 12.3. The minimum Gasteiger partial charge on any atom is -0.486 e. The van der Waals surface area contributed by atoms with Crippen molar-refractivity contribution in [2.75, 3.05) is 17.2 Å². The Morgan fingerprint density at radius 2 is 2.04 bits per heavy atom. The zero-order valence-electron chi connectivity index (χ0n) is 16.2. The number of fused-ring (bicyclic) bond motifs is 1. The number of nitriles is 1. The molecule has 2 rings (SSSR count). The molecule has 0 saturated carbocycles. The average molecular weight is 381 g/mol. The van der Waals surface area contributed by atoms with E-state index in [2.05, 4.69) is 16.7 Å². The van der Waals surface area contributed by atoms with Crippen LogP contribution in [0.4, 0.5) is 25.0 Å². The van der Waals surface area contributed by atoms with Gasteiger partial charge in [0.25, 0.3) is 5.92 Å². The molecule has 6 nitrogen and oxygen atoms in total. The predicted molar refractivity (Wildman–Crippen MR) is 98.2 cm³/mol. The summed E-state index contributed by atoms with van der Waals surface area (Å²) in [6.07, 6.45) is -0.543. The third-order valence-corrected chi connectivity index (χ3v) is 4.49. The highest BCUT2D eigenvalue weighted by atomic mass is 19.3. The van der Waals surface area contributed by atoms with Crippen LogP contribution in [0.5, 0.6) is 5.75 Å². The second-order valence-corrected chi connectivity index (χ2v) is 7.94. The topological polar surface area (TPSA) is 83.4 Å². The number of carbonyl (C=O) groups excluding carboxylic acids is 1. The minimum absolute atomic E-state index is 0.150. The van der Waals surface area contributed by atoms with Gasteiger partial charge in [-0.2, -0.15) is 5.26 Å². The van der Waals surface area contributed by atoms with E-state index in [1.807, 2.05) is 13.8 Å². The van der Waals surface area contributed by atoms with Crippen LogP contribution in [0.25, 0.3) is 0 Å². The zero-order chi connectivity index (χ0) is 20.5. The standard InChI is InChI=1S/C19H25F2N3O3/c1-17(2,11-22)9-13-10-23-14-8-12(6-7-15(14)26-13)24-16(25)27-18(3,4)19(5,20)21/h6-8,13,23H,9-10H2,1-5H3,(H,24,25)/t13-/m1/s1. The monoisotopic (exact) mass is 381 g/mol. The number of hydrogen-bond acceptors (Lipinski definition) is 5. The van der Waals surface area contributed by atoms with Crippen molar-refractivity contribution >= 4 is 17.5 Å². The Balaban J connectivity index is 2.02. The van der Waals surface area contributed by atoms with E-state index in [0.29, 0.717) is 37.0 Å². The van der Waals surface area contributed by atoms with Gasteiger partial charge in [0, 0.05) is 19.0 Å². The number of nitrogens with one attached hydrogen (secondary N) is 2. The van der Waals surface area contributed by atoms with E-state index in [-0.39, 0.29) is 6.10 Å². The van der Waals surface area contributed by atoms with Crippen LogP contribution in [0.15, 0.2) is 18.2 Å². The van der Waals surface area contributed by atoms with Crippen LogP contribution < -0.4 is 15.4 Å². The van der Waals surface area contributed by atoms with Gasteiger partial charge in [-0.15, -0.1) is 0 Å². The summed E-state index contributed by atoms with van der Waals surface area (Å²) in [5.74, 6) is -2.58. The van der Waals surface area contributed by atoms with Crippen molar-refractivity contribution < 1.29 is 23.0 Å². The molecule has 0 aliphatic carbocycles. The van der Waals surface area contributed by atoms with Gasteiger partial charge in [-0.25, -0.2) is 13.6 Å². The molecule has 1 aromatic carbocycles. The van der Waals surface area contributed by atoms with Gasteiger partial charge in [-0.1, -0.05) is 0 Å². The highest BCUT2D eigenvalue weighted by molar-refractivity contribution is 5.86. The Labute approximate surface area is 157 Å². The summed E-state index contributed by atoms with van der Waals surface area (Å²) in [5.41, 5.74) is -1.38. The highest BCUT2D eigenvalue weighted by Crippen LogP contribution is 2.35.